The van der Waals surface area contributed by atoms with Gasteiger partial charge >= 0.3 is 0 Å². The molecule has 1 fully saturated rings. The molecule has 1 aromatic heterocycles. The van der Waals surface area contributed by atoms with Crippen molar-refractivity contribution in [3.05, 3.63) is 30.1 Å². The number of aromatic nitrogens is 1. The molecule has 0 aliphatic carbocycles. The highest BCUT2D eigenvalue weighted by Gasteiger charge is 2.30. The van der Waals surface area contributed by atoms with Crippen LogP contribution in [0.1, 0.15) is 44.7 Å². The average Bonchev–Trinajstić information content (AvgIpc) is 2.58. The number of aryl methyl sites for hydroxylation is 1. The zero-order valence-electron chi connectivity index (χ0n) is 14.1. The number of piperidine rings is 1. The van der Waals surface area contributed by atoms with Gasteiger partial charge in [-0.05, 0) is 57.3 Å². The number of hydrogen-bond donors (Lipinski definition) is 1. The smallest absolute Gasteiger partial charge is 0.214 e. The Bertz CT molecular complexity index is 542. The Kier molecular flexibility index (Phi) is 7.46. The second kappa shape index (κ2) is 9.35. The third kappa shape index (κ3) is 5.86. The molecule has 1 aliphatic rings. The number of pyridine rings is 1. The third-order valence-corrected chi connectivity index (χ3v) is 6.37. The molecule has 0 radical (unpaired) electrons. The highest BCUT2D eigenvalue weighted by Crippen LogP contribution is 2.18. The Morgan fingerprint density at radius 2 is 2.04 bits per heavy atom. The first kappa shape index (κ1) is 18.4. The average molecular weight is 340 g/mol. The first-order valence-electron chi connectivity index (χ1n) is 8.73. The van der Waals surface area contributed by atoms with E-state index in [0.717, 1.165) is 57.3 Å². The van der Waals surface area contributed by atoms with Gasteiger partial charge in [-0.2, -0.15) is 4.31 Å². The fourth-order valence-electron chi connectivity index (χ4n) is 3.05. The molecule has 2 heterocycles. The zero-order valence-corrected chi connectivity index (χ0v) is 14.9. The van der Waals surface area contributed by atoms with Crippen LogP contribution in [0.5, 0.6) is 0 Å². The first-order valence-corrected chi connectivity index (χ1v) is 10.3. The molecule has 0 bridgehead atoms. The van der Waals surface area contributed by atoms with Gasteiger partial charge in [-0.3, -0.25) is 4.98 Å². The lowest BCUT2D eigenvalue weighted by Gasteiger charge is -2.33. The van der Waals surface area contributed by atoms with Gasteiger partial charge in [-0.15, -0.1) is 0 Å². The van der Waals surface area contributed by atoms with Gasteiger partial charge in [0, 0.05) is 24.5 Å². The molecule has 1 aliphatic heterocycles. The summed E-state index contributed by atoms with van der Waals surface area (Å²) in [6.45, 7) is 4.45. The Hall–Kier alpha value is -0.980. The lowest BCUT2D eigenvalue weighted by molar-refractivity contribution is 0.259. The molecular formula is C17H29N3O2S. The summed E-state index contributed by atoms with van der Waals surface area (Å²) in [5, 5.41) is 3.31. The summed E-state index contributed by atoms with van der Waals surface area (Å²) < 4.78 is 27.2. The number of nitrogens with zero attached hydrogens (tertiary/aromatic N) is 2. The summed E-state index contributed by atoms with van der Waals surface area (Å²) in [7, 11) is -3.15. The molecule has 0 unspecified atom stereocenters. The van der Waals surface area contributed by atoms with Crippen LogP contribution in [0.2, 0.25) is 0 Å². The maximum Gasteiger partial charge on any atom is 0.214 e. The summed E-state index contributed by atoms with van der Waals surface area (Å²) in [5.41, 5.74) is 1.03. The Labute approximate surface area is 140 Å². The zero-order chi connectivity index (χ0) is 16.5. The van der Waals surface area contributed by atoms with Crippen molar-refractivity contribution in [3.8, 4) is 0 Å². The van der Waals surface area contributed by atoms with E-state index in [9.17, 15) is 8.42 Å². The van der Waals surface area contributed by atoms with E-state index in [1.807, 2.05) is 25.1 Å². The maximum atomic E-state index is 12.7. The number of hydrogen-bond acceptors (Lipinski definition) is 4. The third-order valence-electron chi connectivity index (χ3n) is 4.37. The molecule has 0 spiro atoms. The Morgan fingerprint density at radius 3 is 2.70 bits per heavy atom. The lowest BCUT2D eigenvalue weighted by atomic mass is 10.1. The predicted molar refractivity (Wildman–Crippen MR) is 93.9 cm³/mol. The van der Waals surface area contributed by atoms with Crippen LogP contribution in [0.25, 0.3) is 0 Å². The fraction of sp³-hybridized carbons (Fsp3) is 0.706. The summed E-state index contributed by atoms with van der Waals surface area (Å²) in [4.78, 5) is 4.32. The van der Waals surface area contributed by atoms with Gasteiger partial charge in [0.25, 0.3) is 0 Å². The van der Waals surface area contributed by atoms with Crippen LogP contribution in [-0.4, -0.2) is 49.1 Å². The first-order chi connectivity index (χ1) is 11.1. The van der Waals surface area contributed by atoms with Gasteiger partial charge in [0.15, 0.2) is 0 Å². The molecule has 2 rings (SSSR count). The number of sulfonamides is 1. The van der Waals surface area contributed by atoms with Gasteiger partial charge < -0.3 is 5.32 Å². The molecule has 0 saturated carbocycles. The lowest BCUT2D eigenvalue weighted by Crippen LogP contribution is -2.47. The summed E-state index contributed by atoms with van der Waals surface area (Å²) in [6.07, 6.45) is 6.91. The predicted octanol–water partition coefficient (Wildman–Crippen LogP) is 2.20. The molecular weight excluding hydrogens is 310 g/mol. The molecule has 0 amide bonds. The molecule has 1 aromatic rings. The Balaban J connectivity index is 1.97. The quantitative estimate of drug-likeness (QED) is 0.749. The van der Waals surface area contributed by atoms with E-state index in [1.54, 1.807) is 10.5 Å². The molecule has 1 N–H and O–H groups in total. The SMILES string of the molecule is CCCCS(=O)(=O)N(CCCc1ccccn1)C1CCNCC1. The van der Waals surface area contributed by atoms with Gasteiger partial charge in [0.2, 0.25) is 10.0 Å². The molecule has 0 atom stereocenters. The summed E-state index contributed by atoms with van der Waals surface area (Å²) in [6, 6.07) is 6.03. The molecule has 5 nitrogen and oxygen atoms in total. The minimum absolute atomic E-state index is 0.154. The van der Waals surface area contributed by atoms with Crippen LogP contribution in [0.3, 0.4) is 0 Å². The summed E-state index contributed by atoms with van der Waals surface area (Å²) >= 11 is 0. The molecule has 0 aromatic carbocycles. The van der Waals surface area contributed by atoms with E-state index in [4.69, 9.17) is 0 Å². The van der Waals surface area contributed by atoms with Crippen molar-refractivity contribution in [2.75, 3.05) is 25.4 Å². The fourth-order valence-corrected chi connectivity index (χ4v) is 5.01. The maximum absolute atomic E-state index is 12.7. The van der Waals surface area contributed by atoms with E-state index in [1.165, 1.54) is 0 Å². The van der Waals surface area contributed by atoms with Crippen LogP contribution >= 0.6 is 0 Å². The minimum Gasteiger partial charge on any atom is -0.317 e. The van der Waals surface area contributed by atoms with Crippen LogP contribution in [-0.2, 0) is 16.4 Å². The van der Waals surface area contributed by atoms with Crippen LogP contribution in [0.15, 0.2) is 24.4 Å². The topological polar surface area (TPSA) is 62.3 Å². The van der Waals surface area contributed by atoms with E-state index >= 15 is 0 Å². The van der Waals surface area contributed by atoms with Crippen molar-refractivity contribution < 1.29 is 8.42 Å². The highest BCUT2D eigenvalue weighted by molar-refractivity contribution is 7.89. The van der Waals surface area contributed by atoms with Crippen LogP contribution in [0, 0.1) is 0 Å². The van der Waals surface area contributed by atoms with Crippen molar-refractivity contribution in [2.45, 2.75) is 51.5 Å². The number of nitrogens with one attached hydrogen (secondary N) is 1. The van der Waals surface area contributed by atoms with E-state index in [-0.39, 0.29) is 11.8 Å². The largest absolute Gasteiger partial charge is 0.317 e. The van der Waals surface area contributed by atoms with Gasteiger partial charge in [-0.25, -0.2) is 8.42 Å². The normalized spacial score (nSPS) is 16.8. The van der Waals surface area contributed by atoms with Gasteiger partial charge in [0.05, 0.1) is 5.75 Å². The standard InChI is InChI=1S/C17H29N3O2S/c1-2-3-15-23(21,22)20(17-9-12-18-13-10-17)14-6-8-16-7-4-5-11-19-16/h4-5,7,11,17-18H,2-3,6,8-10,12-15H2,1H3. The van der Waals surface area contributed by atoms with Crippen LogP contribution in [0.4, 0.5) is 0 Å². The second-order valence-electron chi connectivity index (χ2n) is 6.19. The van der Waals surface area contributed by atoms with Crippen LogP contribution < -0.4 is 5.32 Å². The van der Waals surface area contributed by atoms with Crippen molar-refractivity contribution >= 4 is 10.0 Å². The van der Waals surface area contributed by atoms with Gasteiger partial charge in [0.1, 0.15) is 0 Å². The molecule has 23 heavy (non-hydrogen) atoms. The highest BCUT2D eigenvalue weighted by atomic mass is 32.2. The van der Waals surface area contributed by atoms with Crippen molar-refractivity contribution in [2.24, 2.45) is 0 Å². The van der Waals surface area contributed by atoms with E-state index < -0.39 is 10.0 Å². The monoisotopic (exact) mass is 339 g/mol. The van der Waals surface area contributed by atoms with Crippen molar-refractivity contribution in [1.29, 1.82) is 0 Å². The number of rotatable bonds is 9. The summed E-state index contributed by atoms with van der Waals surface area (Å²) in [5.74, 6) is 0.275. The van der Waals surface area contributed by atoms with E-state index in [2.05, 4.69) is 10.3 Å². The molecule has 130 valence electrons. The molecule has 1 saturated heterocycles. The van der Waals surface area contributed by atoms with Crippen molar-refractivity contribution in [1.82, 2.24) is 14.6 Å². The van der Waals surface area contributed by atoms with E-state index in [0.29, 0.717) is 6.54 Å². The minimum atomic E-state index is -3.15. The van der Waals surface area contributed by atoms with Gasteiger partial charge in [-0.1, -0.05) is 19.4 Å². The second-order valence-corrected chi connectivity index (χ2v) is 8.23. The Morgan fingerprint density at radius 1 is 1.26 bits per heavy atom. The molecule has 6 heteroatoms. The number of unbranched alkanes of at least 4 members (excludes halogenated alkanes) is 1. The van der Waals surface area contributed by atoms with Crippen molar-refractivity contribution in [3.63, 3.8) is 0 Å².